The summed E-state index contributed by atoms with van der Waals surface area (Å²) < 4.78 is 0. The molecule has 3 N–H and O–H groups in total. The predicted molar refractivity (Wildman–Crippen MR) is 83.2 cm³/mol. The van der Waals surface area contributed by atoms with E-state index in [9.17, 15) is 14.4 Å². The number of likely N-dealkylation sites (tertiary alicyclic amines) is 1. The van der Waals surface area contributed by atoms with E-state index in [1.165, 1.54) is 0 Å². The summed E-state index contributed by atoms with van der Waals surface area (Å²) in [5, 5.41) is 2.77. The quantitative estimate of drug-likeness (QED) is 0.883. The first-order chi connectivity index (χ1) is 10.2. The summed E-state index contributed by atoms with van der Waals surface area (Å²) in [6, 6.07) is 6.35. The summed E-state index contributed by atoms with van der Waals surface area (Å²) in [4.78, 5) is 37.0. The Morgan fingerprint density at radius 3 is 2.27 bits per heavy atom. The minimum Gasteiger partial charge on any atom is -0.366 e. The third-order valence-electron chi connectivity index (χ3n) is 3.74. The molecule has 0 spiro atoms. The van der Waals surface area contributed by atoms with Crippen molar-refractivity contribution in [3.8, 4) is 0 Å². The van der Waals surface area contributed by atoms with Crippen molar-refractivity contribution in [3.63, 3.8) is 0 Å². The van der Waals surface area contributed by atoms with Gasteiger partial charge < -0.3 is 16.0 Å². The second-order valence-electron chi connectivity index (χ2n) is 6.51. The molecule has 118 valence electrons. The van der Waals surface area contributed by atoms with Crippen molar-refractivity contribution >= 4 is 23.4 Å². The van der Waals surface area contributed by atoms with Gasteiger partial charge in [-0.05, 0) is 45.0 Å². The first-order valence-electron chi connectivity index (χ1n) is 7.19. The Bertz CT molecular complexity index is 602. The van der Waals surface area contributed by atoms with E-state index in [0.717, 1.165) is 0 Å². The Labute approximate surface area is 129 Å². The van der Waals surface area contributed by atoms with Crippen molar-refractivity contribution in [2.24, 2.45) is 11.7 Å². The molecular weight excluding hydrogens is 282 g/mol. The fraction of sp³-hybridized carbons (Fsp3) is 0.438. The number of nitrogens with two attached hydrogens (primary N) is 1. The highest BCUT2D eigenvalue weighted by molar-refractivity contribution is 5.98. The van der Waals surface area contributed by atoms with Crippen LogP contribution in [0.2, 0.25) is 0 Å². The highest BCUT2D eigenvalue weighted by Crippen LogP contribution is 2.26. The molecule has 1 heterocycles. The van der Waals surface area contributed by atoms with E-state index in [4.69, 9.17) is 5.73 Å². The lowest BCUT2D eigenvalue weighted by molar-refractivity contribution is -0.131. The zero-order valence-corrected chi connectivity index (χ0v) is 13.1. The minimum atomic E-state index is -0.514. The SMILES string of the molecule is CC(C)(C)N1C[C@H](C(=O)Nc2ccc(C(N)=O)cc2)CC1=O. The second-order valence-corrected chi connectivity index (χ2v) is 6.51. The van der Waals surface area contributed by atoms with Crippen LogP contribution in [0.4, 0.5) is 5.69 Å². The van der Waals surface area contributed by atoms with E-state index in [2.05, 4.69) is 5.32 Å². The molecule has 1 aromatic rings. The van der Waals surface area contributed by atoms with Gasteiger partial charge in [-0.25, -0.2) is 0 Å². The Balaban J connectivity index is 2.01. The van der Waals surface area contributed by atoms with E-state index >= 15 is 0 Å². The van der Waals surface area contributed by atoms with E-state index in [1.54, 1.807) is 29.2 Å². The summed E-state index contributed by atoms with van der Waals surface area (Å²) in [6.45, 7) is 6.28. The minimum absolute atomic E-state index is 0.00303. The number of rotatable bonds is 3. The average molecular weight is 303 g/mol. The van der Waals surface area contributed by atoms with Gasteiger partial charge in [-0.3, -0.25) is 14.4 Å². The zero-order valence-electron chi connectivity index (χ0n) is 13.1. The van der Waals surface area contributed by atoms with Crippen LogP contribution < -0.4 is 11.1 Å². The second kappa shape index (κ2) is 5.79. The monoisotopic (exact) mass is 303 g/mol. The number of nitrogens with one attached hydrogen (secondary N) is 1. The fourth-order valence-electron chi connectivity index (χ4n) is 2.49. The highest BCUT2D eigenvalue weighted by Gasteiger charge is 2.39. The molecule has 1 aromatic carbocycles. The van der Waals surface area contributed by atoms with E-state index in [1.807, 2.05) is 20.8 Å². The Morgan fingerprint density at radius 1 is 1.23 bits per heavy atom. The predicted octanol–water partition coefficient (Wildman–Crippen LogP) is 1.37. The standard InChI is InChI=1S/C16H21N3O3/c1-16(2,3)19-9-11(8-13(19)20)15(22)18-12-6-4-10(5-7-12)14(17)21/h4-7,11H,8-9H2,1-3H3,(H2,17,21)(H,18,22)/t11-/m1/s1. The van der Waals surface area contributed by atoms with Crippen LogP contribution in [0.3, 0.4) is 0 Å². The lowest BCUT2D eigenvalue weighted by Gasteiger charge is -2.31. The van der Waals surface area contributed by atoms with Gasteiger partial charge in [0, 0.05) is 29.8 Å². The van der Waals surface area contributed by atoms with Gasteiger partial charge in [0.25, 0.3) is 0 Å². The molecule has 3 amide bonds. The number of primary amides is 1. The van der Waals surface area contributed by atoms with Crippen molar-refractivity contribution in [3.05, 3.63) is 29.8 Å². The zero-order chi connectivity index (χ0) is 16.5. The molecule has 6 heteroatoms. The summed E-state index contributed by atoms with van der Waals surface area (Å²) in [6.07, 6.45) is 0.225. The molecule has 1 aliphatic rings. The fourth-order valence-corrected chi connectivity index (χ4v) is 2.49. The van der Waals surface area contributed by atoms with Gasteiger partial charge in [0.2, 0.25) is 17.7 Å². The first-order valence-corrected chi connectivity index (χ1v) is 7.19. The van der Waals surface area contributed by atoms with Crippen LogP contribution in [0, 0.1) is 5.92 Å². The molecule has 22 heavy (non-hydrogen) atoms. The summed E-state index contributed by atoms with van der Waals surface area (Å²) in [5.74, 6) is -1.06. The lowest BCUT2D eigenvalue weighted by atomic mass is 10.1. The van der Waals surface area contributed by atoms with Gasteiger partial charge in [0.1, 0.15) is 0 Å². The number of carbonyl (C=O) groups excluding carboxylic acids is 3. The molecule has 6 nitrogen and oxygen atoms in total. The van der Waals surface area contributed by atoms with Gasteiger partial charge in [0.05, 0.1) is 5.92 Å². The van der Waals surface area contributed by atoms with Crippen molar-refractivity contribution in [2.75, 3.05) is 11.9 Å². The molecule has 0 unspecified atom stereocenters. The number of hydrogen-bond donors (Lipinski definition) is 2. The molecule has 1 aliphatic heterocycles. The molecule has 1 fully saturated rings. The van der Waals surface area contributed by atoms with E-state index in [-0.39, 0.29) is 29.7 Å². The number of hydrogen-bond acceptors (Lipinski definition) is 3. The van der Waals surface area contributed by atoms with Gasteiger partial charge >= 0.3 is 0 Å². The maximum Gasteiger partial charge on any atom is 0.248 e. The van der Waals surface area contributed by atoms with Gasteiger partial charge in [-0.1, -0.05) is 0 Å². The average Bonchev–Trinajstić information content (AvgIpc) is 2.81. The Morgan fingerprint density at radius 2 is 1.82 bits per heavy atom. The third kappa shape index (κ3) is 3.44. The number of carbonyl (C=O) groups is 3. The Kier molecular flexibility index (Phi) is 4.21. The van der Waals surface area contributed by atoms with Gasteiger partial charge in [-0.15, -0.1) is 0 Å². The van der Waals surface area contributed by atoms with Crippen molar-refractivity contribution in [1.82, 2.24) is 4.90 Å². The molecule has 0 saturated carbocycles. The van der Waals surface area contributed by atoms with Crippen LogP contribution in [0.5, 0.6) is 0 Å². The summed E-state index contributed by atoms with van der Waals surface area (Å²) >= 11 is 0. The van der Waals surface area contributed by atoms with Crippen molar-refractivity contribution in [2.45, 2.75) is 32.7 Å². The van der Waals surface area contributed by atoms with Crippen LogP contribution in [-0.2, 0) is 9.59 Å². The molecule has 2 rings (SSSR count). The Hall–Kier alpha value is -2.37. The molecule has 0 radical (unpaired) electrons. The van der Waals surface area contributed by atoms with Gasteiger partial charge in [-0.2, -0.15) is 0 Å². The molecule has 0 bridgehead atoms. The van der Waals surface area contributed by atoms with Crippen molar-refractivity contribution < 1.29 is 14.4 Å². The van der Waals surface area contributed by atoms with Crippen molar-refractivity contribution in [1.29, 1.82) is 0 Å². The number of amides is 3. The molecule has 1 atom stereocenters. The lowest BCUT2D eigenvalue weighted by Crippen LogP contribution is -2.42. The van der Waals surface area contributed by atoms with Crippen LogP contribution >= 0.6 is 0 Å². The number of benzene rings is 1. The topological polar surface area (TPSA) is 92.5 Å². The summed E-state index contributed by atoms with van der Waals surface area (Å²) in [5.41, 5.74) is 5.85. The van der Waals surface area contributed by atoms with Gasteiger partial charge in [0.15, 0.2) is 0 Å². The van der Waals surface area contributed by atoms with Crippen LogP contribution in [0.25, 0.3) is 0 Å². The summed E-state index contributed by atoms with van der Waals surface area (Å²) in [7, 11) is 0. The van der Waals surface area contributed by atoms with Crippen LogP contribution in [0.15, 0.2) is 24.3 Å². The highest BCUT2D eigenvalue weighted by atomic mass is 16.2. The van der Waals surface area contributed by atoms with E-state index < -0.39 is 5.91 Å². The maximum atomic E-state index is 12.3. The van der Waals surface area contributed by atoms with E-state index in [0.29, 0.717) is 17.8 Å². The van der Waals surface area contributed by atoms with Crippen LogP contribution in [-0.4, -0.2) is 34.7 Å². The third-order valence-corrected chi connectivity index (χ3v) is 3.74. The molecule has 1 saturated heterocycles. The normalized spacial score (nSPS) is 18.4. The maximum absolute atomic E-state index is 12.3. The first kappa shape index (κ1) is 16.0. The van der Waals surface area contributed by atoms with Crippen LogP contribution in [0.1, 0.15) is 37.6 Å². The number of anilines is 1. The molecular formula is C16H21N3O3. The smallest absolute Gasteiger partial charge is 0.248 e. The number of nitrogens with zero attached hydrogens (tertiary/aromatic N) is 1. The largest absolute Gasteiger partial charge is 0.366 e. The molecule has 0 aromatic heterocycles. The molecule has 0 aliphatic carbocycles.